The van der Waals surface area contributed by atoms with E-state index in [9.17, 15) is 14.7 Å². The Morgan fingerprint density at radius 3 is 2.45 bits per heavy atom. The topological polar surface area (TPSA) is 60.9 Å². The van der Waals surface area contributed by atoms with Crippen molar-refractivity contribution in [3.8, 4) is 0 Å². The lowest BCUT2D eigenvalue weighted by Gasteiger charge is -2.37. The Morgan fingerprint density at radius 1 is 1.30 bits per heavy atom. The molecule has 1 aliphatic rings. The molecule has 0 aliphatic carbocycles. The first-order chi connectivity index (χ1) is 9.41. The van der Waals surface area contributed by atoms with Crippen molar-refractivity contribution in [1.29, 1.82) is 0 Å². The fourth-order valence-electron chi connectivity index (χ4n) is 2.37. The molecule has 5 nitrogen and oxygen atoms in total. The molecule has 0 saturated heterocycles. The summed E-state index contributed by atoms with van der Waals surface area (Å²) in [7, 11) is 1.70. The minimum atomic E-state index is -0.954. The molecule has 2 amide bonds. The molecule has 2 rings (SSSR count). The van der Waals surface area contributed by atoms with Crippen molar-refractivity contribution in [1.82, 2.24) is 9.80 Å². The summed E-state index contributed by atoms with van der Waals surface area (Å²) in [6, 6.07) is 6.70. The highest BCUT2D eigenvalue weighted by molar-refractivity contribution is 5.83. The zero-order valence-electron chi connectivity index (χ0n) is 12.0. The number of hydrogen-bond donors (Lipinski definition) is 1. The van der Waals surface area contributed by atoms with Crippen LogP contribution in [0, 0.1) is 0 Å². The molecule has 1 heterocycles. The average Bonchev–Trinajstić information content (AvgIpc) is 2.44. The quantitative estimate of drug-likeness (QED) is 0.898. The van der Waals surface area contributed by atoms with Gasteiger partial charge in [0.2, 0.25) is 0 Å². The number of benzene rings is 1. The molecule has 0 bridgehead atoms. The summed E-state index contributed by atoms with van der Waals surface area (Å²) >= 11 is 0. The number of carboxylic acids is 1. The summed E-state index contributed by atoms with van der Waals surface area (Å²) < 4.78 is 0. The summed E-state index contributed by atoms with van der Waals surface area (Å²) in [5, 5.41) is 9.39. The Balaban J connectivity index is 2.31. The van der Waals surface area contributed by atoms with Crippen molar-refractivity contribution >= 4 is 12.0 Å². The Labute approximate surface area is 118 Å². The molecule has 1 N–H and O–H groups in total. The second-order valence-electron chi connectivity index (χ2n) is 5.44. The van der Waals surface area contributed by atoms with Crippen LogP contribution in [0.15, 0.2) is 24.3 Å². The lowest BCUT2D eigenvalue weighted by Crippen LogP contribution is -2.53. The third kappa shape index (κ3) is 2.61. The average molecular weight is 276 g/mol. The molecule has 1 aromatic carbocycles. The van der Waals surface area contributed by atoms with Crippen LogP contribution in [0.1, 0.15) is 25.0 Å². The molecular formula is C15H20N2O3. The third-order valence-electron chi connectivity index (χ3n) is 3.86. The van der Waals surface area contributed by atoms with Crippen LogP contribution in [0.3, 0.4) is 0 Å². The van der Waals surface area contributed by atoms with Gasteiger partial charge in [-0.1, -0.05) is 24.3 Å². The van der Waals surface area contributed by atoms with Crippen molar-refractivity contribution in [2.45, 2.75) is 38.9 Å². The van der Waals surface area contributed by atoms with Gasteiger partial charge in [0.05, 0.1) is 0 Å². The van der Waals surface area contributed by atoms with E-state index in [2.05, 4.69) is 0 Å². The van der Waals surface area contributed by atoms with E-state index in [4.69, 9.17) is 0 Å². The predicted molar refractivity (Wildman–Crippen MR) is 75.4 cm³/mol. The zero-order chi connectivity index (χ0) is 14.9. The van der Waals surface area contributed by atoms with Gasteiger partial charge in [-0.2, -0.15) is 0 Å². The van der Waals surface area contributed by atoms with E-state index >= 15 is 0 Å². The van der Waals surface area contributed by atoms with Crippen molar-refractivity contribution in [2.24, 2.45) is 0 Å². The van der Waals surface area contributed by atoms with Crippen LogP contribution in [-0.2, 0) is 17.8 Å². The van der Waals surface area contributed by atoms with Crippen LogP contribution in [-0.4, -0.2) is 46.0 Å². The highest BCUT2D eigenvalue weighted by Crippen LogP contribution is 2.24. The van der Waals surface area contributed by atoms with Gasteiger partial charge >= 0.3 is 12.0 Å². The summed E-state index contributed by atoms with van der Waals surface area (Å²) in [6.07, 6.45) is 0.364. The number of nitrogens with zero attached hydrogens (tertiary/aromatic N) is 2. The van der Waals surface area contributed by atoms with Crippen LogP contribution in [0.4, 0.5) is 4.79 Å². The molecule has 1 aliphatic heterocycles. The van der Waals surface area contributed by atoms with Gasteiger partial charge in [-0.3, -0.25) is 0 Å². The number of aliphatic carboxylic acids is 1. The Bertz CT molecular complexity index is 528. The number of hydrogen-bond acceptors (Lipinski definition) is 2. The number of urea groups is 1. The summed E-state index contributed by atoms with van der Waals surface area (Å²) in [5.41, 5.74) is 2.03. The molecule has 0 unspecified atom stereocenters. The number of carbonyl (C=O) groups is 2. The second kappa shape index (κ2) is 5.53. The molecule has 1 atom stereocenters. The van der Waals surface area contributed by atoms with Crippen molar-refractivity contribution < 1.29 is 14.7 Å². The van der Waals surface area contributed by atoms with E-state index in [1.165, 1.54) is 4.90 Å². The second-order valence-corrected chi connectivity index (χ2v) is 5.44. The SMILES string of the molecule is CC(C)N(C)C(=O)N1Cc2ccccc2C[C@@H]1C(=O)O. The van der Waals surface area contributed by atoms with E-state index in [0.29, 0.717) is 13.0 Å². The van der Waals surface area contributed by atoms with Gasteiger partial charge in [0.15, 0.2) is 0 Å². The maximum atomic E-state index is 12.5. The van der Waals surface area contributed by atoms with E-state index in [1.54, 1.807) is 11.9 Å². The van der Waals surface area contributed by atoms with Gasteiger partial charge in [0.25, 0.3) is 0 Å². The van der Waals surface area contributed by atoms with Gasteiger partial charge in [-0.15, -0.1) is 0 Å². The van der Waals surface area contributed by atoms with Crippen LogP contribution in [0.2, 0.25) is 0 Å². The number of amides is 2. The van der Waals surface area contributed by atoms with Crippen LogP contribution in [0.5, 0.6) is 0 Å². The van der Waals surface area contributed by atoms with Gasteiger partial charge in [-0.25, -0.2) is 9.59 Å². The lowest BCUT2D eigenvalue weighted by atomic mass is 9.94. The van der Waals surface area contributed by atoms with Crippen LogP contribution < -0.4 is 0 Å². The number of carbonyl (C=O) groups excluding carboxylic acids is 1. The van der Waals surface area contributed by atoms with Crippen molar-refractivity contribution in [3.05, 3.63) is 35.4 Å². The van der Waals surface area contributed by atoms with Gasteiger partial charge < -0.3 is 14.9 Å². The van der Waals surface area contributed by atoms with Crippen molar-refractivity contribution in [2.75, 3.05) is 7.05 Å². The fraction of sp³-hybridized carbons (Fsp3) is 0.467. The molecule has 5 heteroatoms. The highest BCUT2D eigenvalue weighted by atomic mass is 16.4. The lowest BCUT2D eigenvalue weighted by molar-refractivity contribution is -0.142. The van der Waals surface area contributed by atoms with E-state index in [1.807, 2.05) is 38.1 Å². The fourth-order valence-corrected chi connectivity index (χ4v) is 2.37. The molecular weight excluding hydrogens is 256 g/mol. The van der Waals surface area contributed by atoms with Gasteiger partial charge in [-0.05, 0) is 25.0 Å². The maximum Gasteiger partial charge on any atom is 0.326 e. The Kier molecular flexibility index (Phi) is 3.97. The third-order valence-corrected chi connectivity index (χ3v) is 3.86. The number of rotatable bonds is 2. The Hall–Kier alpha value is -2.04. The molecule has 20 heavy (non-hydrogen) atoms. The number of fused-ring (bicyclic) bond motifs is 1. The molecule has 0 aromatic heterocycles. The van der Waals surface area contributed by atoms with Gasteiger partial charge in [0, 0.05) is 26.1 Å². The predicted octanol–water partition coefficient (Wildman–Crippen LogP) is 1.96. The minimum absolute atomic E-state index is 0.0362. The van der Waals surface area contributed by atoms with E-state index in [-0.39, 0.29) is 12.1 Å². The molecule has 0 fully saturated rings. The normalized spacial score (nSPS) is 17.8. The zero-order valence-corrected chi connectivity index (χ0v) is 12.0. The first-order valence-corrected chi connectivity index (χ1v) is 6.74. The summed E-state index contributed by atoms with van der Waals surface area (Å²) in [4.78, 5) is 26.9. The van der Waals surface area contributed by atoms with Crippen LogP contribution >= 0.6 is 0 Å². The highest BCUT2D eigenvalue weighted by Gasteiger charge is 2.36. The monoisotopic (exact) mass is 276 g/mol. The molecule has 108 valence electrons. The number of carboxylic acid groups (broad SMARTS) is 1. The van der Waals surface area contributed by atoms with E-state index in [0.717, 1.165) is 11.1 Å². The first kappa shape index (κ1) is 14.4. The smallest absolute Gasteiger partial charge is 0.326 e. The molecule has 0 radical (unpaired) electrons. The van der Waals surface area contributed by atoms with Gasteiger partial charge in [0.1, 0.15) is 6.04 Å². The largest absolute Gasteiger partial charge is 0.480 e. The van der Waals surface area contributed by atoms with Crippen molar-refractivity contribution in [3.63, 3.8) is 0 Å². The van der Waals surface area contributed by atoms with E-state index < -0.39 is 12.0 Å². The first-order valence-electron chi connectivity index (χ1n) is 6.74. The summed E-state index contributed by atoms with van der Waals surface area (Å²) in [5.74, 6) is -0.954. The maximum absolute atomic E-state index is 12.5. The molecule has 1 aromatic rings. The Morgan fingerprint density at radius 2 is 1.90 bits per heavy atom. The molecule has 0 saturated carbocycles. The molecule has 0 spiro atoms. The summed E-state index contributed by atoms with van der Waals surface area (Å²) in [6.45, 7) is 4.17. The van der Waals surface area contributed by atoms with Crippen LogP contribution in [0.25, 0.3) is 0 Å². The standard InChI is InChI=1S/C15H20N2O3/c1-10(2)16(3)15(20)17-9-12-7-5-4-6-11(12)8-13(17)14(18)19/h4-7,10,13H,8-9H2,1-3H3,(H,18,19)/t13-/m1/s1. The minimum Gasteiger partial charge on any atom is -0.480 e.